The van der Waals surface area contributed by atoms with Crippen molar-refractivity contribution < 1.29 is 14.4 Å². The van der Waals surface area contributed by atoms with Crippen LogP contribution in [0, 0.1) is 0 Å². The fraction of sp³-hybridized carbons (Fsp3) is 0.500. The minimum absolute atomic E-state index is 0.0285. The summed E-state index contributed by atoms with van der Waals surface area (Å²) < 4.78 is 5.15. The van der Waals surface area contributed by atoms with Gasteiger partial charge in [0.2, 0.25) is 5.71 Å². The van der Waals surface area contributed by atoms with Crippen molar-refractivity contribution >= 4 is 28.1 Å². The number of rotatable bonds is 5. The summed E-state index contributed by atoms with van der Waals surface area (Å²) in [7, 11) is 1.35. The maximum Gasteiger partial charge on any atom is 0.362 e. The van der Waals surface area contributed by atoms with Crippen LogP contribution in [0.1, 0.15) is 26.0 Å². The maximum atomic E-state index is 11.8. The van der Waals surface area contributed by atoms with Gasteiger partial charge in [-0.1, -0.05) is 12.1 Å². The Morgan fingerprint density at radius 3 is 2.88 bits per heavy atom. The minimum Gasteiger partial charge on any atom is -0.458 e. The number of hydrogen-bond acceptors (Lipinski definition) is 7. The highest BCUT2D eigenvalue weighted by molar-refractivity contribution is 7.13. The number of anilines is 1. The Morgan fingerprint density at radius 1 is 1.71 bits per heavy atom. The summed E-state index contributed by atoms with van der Waals surface area (Å²) in [6.45, 7) is 3.73. The van der Waals surface area contributed by atoms with Crippen molar-refractivity contribution in [2.45, 2.75) is 26.4 Å². The van der Waals surface area contributed by atoms with E-state index in [2.05, 4.69) is 15.0 Å². The average molecular weight is 257 g/mol. The van der Waals surface area contributed by atoms with E-state index >= 15 is 0 Å². The van der Waals surface area contributed by atoms with Gasteiger partial charge in [0.25, 0.3) is 0 Å². The van der Waals surface area contributed by atoms with Crippen LogP contribution < -0.4 is 5.73 Å². The van der Waals surface area contributed by atoms with Crippen LogP contribution in [-0.4, -0.2) is 29.9 Å². The molecule has 0 bridgehead atoms. The number of thiazole rings is 1. The number of carbonyl (C=O) groups excluding carboxylic acids is 1. The molecule has 2 N–H and O–H groups in total. The van der Waals surface area contributed by atoms with Crippen LogP contribution >= 0.6 is 11.3 Å². The number of carbonyl (C=O) groups is 1. The number of oxime groups is 1. The third kappa shape index (κ3) is 3.70. The standard InChI is InChI=1S/C10H15N3O3S/c1-4-6(2)16-9(14)8(13-15-3)7-5-17-10(11)12-7/h5-6H,4H2,1-3H3,(H2,11,12)/b13-8+. The molecule has 7 heteroatoms. The smallest absolute Gasteiger partial charge is 0.362 e. The van der Waals surface area contributed by atoms with Crippen molar-refractivity contribution in [3.63, 3.8) is 0 Å². The number of aromatic nitrogens is 1. The normalized spacial score (nSPS) is 13.2. The van der Waals surface area contributed by atoms with E-state index in [1.165, 1.54) is 18.4 Å². The Labute approximate surface area is 103 Å². The molecule has 0 fully saturated rings. The fourth-order valence-electron chi connectivity index (χ4n) is 0.998. The van der Waals surface area contributed by atoms with Gasteiger partial charge in [-0.15, -0.1) is 11.3 Å². The van der Waals surface area contributed by atoms with E-state index in [9.17, 15) is 4.79 Å². The monoisotopic (exact) mass is 257 g/mol. The van der Waals surface area contributed by atoms with Crippen molar-refractivity contribution in [1.82, 2.24) is 4.98 Å². The van der Waals surface area contributed by atoms with Crippen LogP contribution in [0.4, 0.5) is 5.13 Å². The average Bonchev–Trinajstić information content (AvgIpc) is 2.72. The lowest BCUT2D eigenvalue weighted by Gasteiger charge is -2.10. The highest BCUT2D eigenvalue weighted by atomic mass is 32.1. The molecule has 6 nitrogen and oxygen atoms in total. The first-order chi connectivity index (χ1) is 8.08. The van der Waals surface area contributed by atoms with Crippen molar-refractivity contribution in [2.75, 3.05) is 12.8 Å². The summed E-state index contributed by atoms with van der Waals surface area (Å²) in [4.78, 5) is 20.4. The molecule has 17 heavy (non-hydrogen) atoms. The molecule has 0 aliphatic heterocycles. The molecule has 1 rings (SSSR count). The van der Waals surface area contributed by atoms with Gasteiger partial charge in [0, 0.05) is 5.38 Å². The predicted molar refractivity (Wildman–Crippen MR) is 65.9 cm³/mol. The van der Waals surface area contributed by atoms with E-state index in [-0.39, 0.29) is 11.8 Å². The van der Waals surface area contributed by atoms with Crippen LogP contribution in [0.3, 0.4) is 0 Å². The van der Waals surface area contributed by atoms with Crippen molar-refractivity contribution in [1.29, 1.82) is 0 Å². The Balaban J connectivity index is 2.87. The van der Waals surface area contributed by atoms with Crippen molar-refractivity contribution in [2.24, 2.45) is 5.16 Å². The molecule has 0 radical (unpaired) electrons. The van der Waals surface area contributed by atoms with E-state index in [1.54, 1.807) is 12.3 Å². The molecular weight excluding hydrogens is 242 g/mol. The highest BCUT2D eigenvalue weighted by Gasteiger charge is 2.21. The number of ether oxygens (including phenoxy) is 1. The highest BCUT2D eigenvalue weighted by Crippen LogP contribution is 2.13. The maximum absolute atomic E-state index is 11.8. The molecule has 0 aliphatic carbocycles. The van der Waals surface area contributed by atoms with E-state index in [0.717, 1.165) is 6.42 Å². The van der Waals surface area contributed by atoms with Gasteiger partial charge in [-0.05, 0) is 13.3 Å². The predicted octanol–water partition coefficient (Wildman–Crippen LogP) is 1.42. The van der Waals surface area contributed by atoms with Crippen LogP contribution in [0.15, 0.2) is 10.5 Å². The lowest BCUT2D eigenvalue weighted by molar-refractivity contribution is -0.140. The quantitative estimate of drug-likeness (QED) is 0.489. The number of esters is 1. The molecule has 0 spiro atoms. The molecule has 0 saturated carbocycles. The number of nitrogen functional groups attached to an aromatic ring is 1. The topological polar surface area (TPSA) is 86.8 Å². The summed E-state index contributed by atoms with van der Waals surface area (Å²) >= 11 is 1.22. The summed E-state index contributed by atoms with van der Waals surface area (Å²) in [6.07, 6.45) is 0.547. The second-order valence-corrected chi connectivity index (χ2v) is 4.21. The molecule has 1 unspecified atom stereocenters. The molecule has 0 saturated heterocycles. The largest absolute Gasteiger partial charge is 0.458 e. The molecule has 1 heterocycles. The zero-order valence-electron chi connectivity index (χ0n) is 9.97. The molecule has 1 atom stereocenters. The Morgan fingerprint density at radius 2 is 2.41 bits per heavy atom. The molecule has 0 aromatic carbocycles. The van der Waals surface area contributed by atoms with E-state index < -0.39 is 5.97 Å². The van der Waals surface area contributed by atoms with Gasteiger partial charge in [-0.2, -0.15) is 0 Å². The number of nitrogens with two attached hydrogens (primary N) is 1. The summed E-state index contributed by atoms with van der Waals surface area (Å²) in [5, 5.41) is 5.62. The molecule has 1 aromatic rings. The number of nitrogens with zero attached hydrogens (tertiary/aromatic N) is 2. The molecule has 0 amide bonds. The molecular formula is C10H15N3O3S. The summed E-state index contributed by atoms with van der Waals surface area (Å²) in [5.74, 6) is -0.563. The third-order valence-electron chi connectivity index (χ3n) is 2.02. The lowest BCUT2D eigenvalue weighted by atomic mass is 10.3. The second kappa shape index (κ2) is 6.19. The first-order valence-corrected chi connectivity index (χ1v) is 6.00. The van der Waals surface area contributed by atoms with Gasteiger partial charge in [-0.25, -0.2) is 9.78 Å². The van der Waals surface area contributed by atoms with Gasteiger partial charge in [0.1, 0.15) is 12.8 Å². The van der Waals surface area contributed by atoms with Gasteiger partial charge in [-0.3, -0.25) is 0 Å². The zero-order valence-corrected chi connectivity index (χ0v) is 10.8. The van der Waals surface area contributed by atoms with Gasteiger partial charge >= 0.3 is 5.97 Å². The Hall–Kier alpha value is -1.63. The molecule has 1 aromatic heterocycles. The SMILES string of the molecule is CCC(C)OC(=O)/C(=N/OC)c1csc(N)n1. The Bertz CT molecular complexity index is 417. The van der Waals surface area contributed by atoms with Crippen LogP contribution in [-0.2, 0) is 14.4 Å². The summed E-state index contributed by atoms with van der Waals surface area (Å²) in [6, 6.07) is 0. The molecule has 94 valence electrons. The van der Waals surface area contributed by atoms with Crippen LogP contribution in [0.5, 0.6) is 0 Å². The van der Waals surface area contributed by atoms with Gasteiger partial charge < -0.3 is 15.3 Å². The van der Waals surface area contributed by atoms with E-state index in [0.29, 0.717) is 10.8 Å². The van der Waals surface area contributed by atoms with Crippen LogP contribution in [0.25, 0.3) is 0 Å². The fourth-order valence-corrected chi connectivity index (χ4v) is 1.55. The minimum atomic E-state index is -0.563. The van der Waals surface area contributed by atoms with E-state index in [1.807, 2.05) is 6.92 Å². The first-order valence-electron chi connectivity index (χ1n) is 5.12. The second-order valence-electron chi connectivity index (χ2n) is 3.32. The lowest BCUT2D eigenvalue weighted by Crippen LogP contribution is -2.24. The summed E-state index contributed by atoms with van der Waals surface area (Å²) in [5.41, 5.74) is 5.89. The number of hydrogen-bond donors (Lipinski definition) is 1. The Kier molecular flexibility index (Phi) is 4.89. The van der Waals surface area contributed by atoms with Gasteiger partial charge in [0.05, 0.1) is 6.10 Å². The van der Waals surface area contributed by atoms with Crippen LogP contribution in [0.2, 0.25) is 0 Å². The van der Waals surface area contributed by atoms with Crippen molar-refractivity contribution in [3.05, 3.63) is 11.1 Å². The van der Waals surface area contributed by atoms with Gasteiger partial charge in [0.15, 0.2) is 5.13 Å². The molecule has 0 aliphatic rings. The zero-order chi connectivity index (χ0) is 12.8. The third-order valence-corrected chi connectivity index (χ3v) is 2.70. The first kappa shape index (κ1) is 13.4. The van der Waals surface area contributed by atoms with Crippen molar-refractivity contribution in [3.8, 4) is 0 Å². The van der Waals surface area contributed by atoms with E-state index in [4.69, 9.17) is 10.5 Å².